The van der Waals surface area contributed by atoms with Crippen LogP contribution in [0, 0.1) is 11.8 Å². The second kappa shape index (κ2) is 4.66. The quantitative estimate of drug-likeness (QED) is 0.821. The molecule has 5 heteroatoms. The number of likely N-dealkylation sites (tertiary alicyclic amines) is 1. The van der Waals surface area contributed by atoms with Crippen LogP contribution in [0.2, 0.25) is 0 Å². The summed E-state index contributed by atoms with van der Waals surface area (Å²) >= 11 is 0. The molecular weight excluding hydrogens is 244 g/mol. The monoisotopic (exact) mass is 260 g/mol. The molecule has 2 heterocycles. The summed E-state index contributed by atoms with van der Waals surface area (Å²) in [6, 6.07) is 9.30. The number of carboxylic acid groups (broad SMARTS) is 1. The van der Waals surface area contributed by atoms with Crippen molar-refractivity contribution in [1.29, 1.82) is 0 Å². The van der Waals surface area contributed by atoms with Gasteiger partial charge in [-0.15, -0.1) is 0 Å². The van der Waals surface area contributed by atoms with Crippen LogP contribution in [0.1, 0.15) is 5.56 Å². The van der Waals surface area contributed by atoms with Gasteiger partial charge in [0, 0.05) is 25.6 Å². The number of nitrogens with zero attached hydrogens (tertiary/aromatic N) is 1. The number of carbonyl (C=O) groups is 2. The number of carboxylic acids is 1. The normalized spacial score (nSPS) is 30.1. The van der Waals surface area contributed by atoms with Gasteiger partial charge in [0.2, 0.25) is 5.91 Å². The number of nitrogens with one attached hydrogen (secondary N) is 1. The lowest BCUT2D eigenvalue weighted by Gasteiger charge is -2.18. The van der Waals surface area contributed by atoms with Gasteiger partial charge in [-0.05, 0) is 5.56 Å². The lowest BCUT2D eigenvalue weighted by molar-refractivity contribution is -0.141. The average molecular weight is 260 g/mol. The number of fused-ring (bicyclic) bond motifs is 1. The van der Waals surface area contributed by atoms with Crippen molar-refractivity contribution in [3.63, 3.8) is 0 Å². The molecule has 2 aliphatic heterocycles. The summed E-state index contributed by atoms with van der Waals surface area (Å²) in [5.41, 5.74) is 1.19. The third-order valence-electron chi connectivity index (χ3n) is 4.02. The first-order valence-corrected chi connectivity index (χ1v) is 6.44. The molecule has 2 saturated heterocycles. The number of hydrogen-bond donors (Lipinski definition) is 2. The van der Waals surface area contributed by atoms with E-state index in [0.29, 0.717) is 13.1 Å². The van der Waals surface area contributed by atoms with Gasteiger partial charge in [-0.1, -0.05) is 30.3 Å². The average Bonchev–Trinajstić information content (AvgIpc) is 2.91. The van der Waals surface area contributed by atoms with Crippen LogP contribution in [0.3, 0.4) is 0 Å². The first-order valence-electron chi connectivity index (χ1n) is 6.44. The summed E-state index contributed by atoms with van der Waals surface area (Å²) in [5, 5.41) is 11.7. The summed E-state index contributed by atoms with van der Waals surface area (Å²) in [7, 11) is 0. The SMILES string of the molecule is O=C(O)[C@H]1NC(=O)[C@@H]2CN(Cc3ccccc3)C[C@H]12. The third-order valence-corrected chi connectivity index (χ3v) is 4.02. The minimum absolute atomic E-state index is 0.103. The van der Waals surface area contributed by atoms with E-state index in [2.05, 4.69) is 10.2 Å². The standard InChI is InChI=1S/C14H16N2O3/c17-13-11-8-16(6-9-4-2-1-3-5-9)7-10(11)12(15-13)14(18)19/h1-5,10-12H,6-8H2,(H,15,17)(H,18,19)/t10-,11+,12-/m0/s1. The fourth-order valence-electron chi connectivity index (χ4n) is 3.11. The van der Waals surface area contributed by atoms with E-state index in [1.54, 1.807) is 0 Å². The zero-order chi connectivity index (χ0) is 13.4. The Morgan fingerprint density at radius 2 is 2.05 bits per heavy atom. The van der Waals surface area contributed by atoms with Gasteiger partial charge in [0.1, 0.15) is 6.04 Å². The first-order chi connectivity index (χ1) is 9.15. The minimum atomic E-state index is -0.928. The number of amides is 1. The summed E-state index contributed by atoms with van der Waals surface area (Å²) in [5.74, 6) is -1.33. The lowest BCUT2D eigenvalue weighted by Crippen LogP contribution is -2.40. The molecule has 2 N–H and O–H groups in total. The Kier molecular flexibility index (Phi) is 2.98. The zero-order valence-electron chi connectivity index (χ0n) is 10.5. The molecule has 0 aromatic heterocycles. The predicted molar refractivity (Wildman–Crippen MR) is 68.3 cm³/mol. The number of rotatable bonds is 3. The molecule has 3 rings (SSSR count). The van der Waals surface area contributed by atoms with Gasteiger partial charge in [0.15, 0.2) is 0 Å². The van der Waals surface area contributed by atoms with E-state index in [9.17, 15) is 9.59 Å². The highest BCUT2D eigenvalue weighted by Crippen LogP contribution is 2.32. The molecular formula is C14H16N2O3. The van der Waals surface area contributed by atoms with Gasteiger partial charge < -0.3 is 10.4 Å². The number of hydrogen-bond acceptors (Lipinski definition) is 3. The van der Waals surface area contributed by atoms with Gasteiger partial charge in [-0.25, -0.2) is 4.79 Å². The molecule has 1 aromatic rings. The highest BCUT2D eigenvalue weighted by atomic mass is 16.4. The van der Waals surface area contributed by atoms with Crippen molar-refractivity contribution in [2.75, 3.05) is 13.1 Å². The van der Waals surface area contributed by atoms with E-state index in [-0.39, 0.29) is 17.7 Å². The maximum Gasteiger partial charge on any atom is 0.326 e. The second-order valence-corrected chi connectivity index (χ2v) is 5.27. The van der Waals surface area contributed by atoms with Crippen molar-refractivity contribution in [2.24, 2.45) is 11.8 Å². The maximum absolute atomic E-state index is 11.8. The Morgan fingerprint density at radius 3 is 2.74 bits per heavy atom. The Morgan fingerprint density at radius 1 is 1.32 bits per heavy atom. The molecule has 0 aliphatic carbocycles. The van der Waals surface area contributed by atoms with Crippen molar-refractivity contribution in [3.05, 3.63) is 35.9 Å². The van der Waals surface area contributed by atoms with Crippen molar-refractivity contribution < 1.29 is 14.7 Å². The van der Waals surface area contributed by atoms with E-state index < -0.39 is 12.0 Å². The first kappa shape index (κ1) is 12.2. The van der Waals surface area contributed by atoms with E-state index in [0.717, 1.165) is 6.54 Å². The summed E-state index contributed by atoms with van der Waals surface area (Å²) in [6.07, 6.45) is 0. The highest BCUT2D eigenvalue weighted by Gasteiger charge is 2.50. The largest absolute Gasteiger partial charge is 0.480 e. The fraction of sp³-hybridized carbons (Fsp3) is 0.429. The molecule has 19 heavy (non-hydrogen) atoms. The van der Waals surface area contributed by atoms with E-state index in [1.165, 1.54) is 5.56 Å². The van der Waals surface area contributed by atoms with Gasteiger partial charge in [-0.3, -0.25) is 9.69 Å². The Bertz CT molecular complexity index is 503. The smallest absolute Gasteiger partial charge is 0.326 e. The van der Waals surface area contributed by atoms with Gasteiger partial charge in [0.25, 0.3) is 0 Å². The molecule has 2 fully saturated rings. The number of benzene rings is 1. The van der Waals surface area contributed by atoms with E-state index in [4.69, 9.17) is 5.11 Å². The number of carbonyl (C=O) groups excluding carboxylic acids is 1. The molecule has 0 saturated carbocycles. The molecule has 100 valence electrons. The lowest BCUT2D eigenvalue weighted by atomic mass is 9.94. The van der Waals surface area contributed by atoms with Crippen LogP contribution in [0.15, 0.2) is 30.3 Å². The van der Waals surface area contributed by atoms with E-state index >= 15 is 0 Å². The summed E-state index contributed by atoms with van der Waals surface area (Å²) in [4.78, 5) is 25.1. The van der Waals surface area contributed by atoms with Crippen molar-refractivity contribution in [3.8, 4) is 0 Å². The minimum Gasteiger partial charge on any atom is -0.480 e. The molecule has 1 aromatic carbocycles. The van der Waals surface area contributed by atoms with Gasteiger partial charge in [0.05, 0.1) is 5.92 Å². The van der Waals surface area contributed by atoms with Crippen LogP contribution in [-0.2, 0) is 16.1 Å². The highest BCUT2D eigenvalue weighted by molar-refractivity contribution is 5.90. The van der Waals surface area contributed by atoms with Crippen molar-refractivity contribution in [2.45, 2.75) is 12.6 Å². The Balaban J connectivity index is 1.70. The van der Waals surface area contributed by atoms with Crippen LogP contribution in [0.5, 0.6) is 0 Å². The Labute approximate surface area is 111 Å². The maximum atomic E-state index is 11.8. The van der Waals surface area contributed by atoms with Gasteiger partial charge in [-0.2, -0.15) is 0 Å². The molecule has 0 bridgehead atoms. The Hall–Kier alpha value is -1.88. The summed E-state index contributed by atoms with van der Waals surface area (Å²) < 4.78 is 0. The van der Waals surface area contributed by atoms with Gasteiger partial charge >= 0.3 is 5.97 Å². The topological polar surface area (TPSA) is 69.6 Å². The fourth-order valence-corrected chi connectivity index (χ4v) is 3.11. The van der Waals surface area contributed by atoms with Crippen molar-refractivity contribution >= 4 is 11.9 Å². The predicted octanol–water partition coefficient (Wildman–Crippen LogP) is 0.318. The van der Waals surface area contributed by atoms with Crippen LogP contribution in [0.4, 0.5) is 0 Å². The van der Waals surface area contributed by atoms with Crippen LogP contribution in [-0.4, -0.2) is 41.0 Å². The van der Waals surface area contributed by atoms with E-state index in [1.807, 2.05) is 30.3 Å². The van der Waals surface area contributed by atoms with Crippen LogP contribution in [0.25, 0.3) is 0 Å². The molecule has 0 unspecified atom stereocenters. The van der Waals surface area contributed by atoms with Crippen molar-refractivity contribution in [1.82, 2.24) is 10.2 Å². The molecule has 3 atom stereocenters. The molecule has 2 aliphatic rings. The van der Waals surface area contributed by atoms with Crippen LogP contribution < -0.4 is 5.32 Å². The molecule has 5 nitrogen and oxygen atoms in total. The number of aliphatic carboxylic acids is 1. The summed E-state index contributed by atoms with van der Waals surface area (Å²) in [6.45, 7) is 2.08. The second-order valence-electron chi connectivity index (χ2n) is 5.27. The molecule has 0 spiro atoms. The van der Waals surface area contributed by atoms with Crippen LogP contribution >= 0.6 is 0 Å². The molecule has 1 amide bonds. The third kappa shape index (κ3) is 2.21. The zero-order valence-corrected chi connectivity index (χ0v) is 10.5. The molecule has 0 radical (unpaired) electrons.